The summed E-state index contributed by atoms with van der Waals surface area (Å²) in [4.78, 5) is 29.6. The van der Waals surface area contributed by atoms with Crippen LogP contribution in [0, 0.1) is 0 Å². The third-order valence-corrected chi connectivity index (χ3v) is 8.14. The molecule has 18 heteroatoms. The minimum Gasteiger partial charge on any atom is -0.490 e. The molecule has 284 valence electrons. The highest BCUT2D eigenvalue weighted by atomic mass is 19.4. The van der Waals surface area contributed by atoms with E-state index in [9.17, 15) is 49.1 Å². The number of carbonyl (C=O) groups excluding carboxylic acids is 1. The molecule has 1 amide bonds. The first-order valence-corrected chi connectivity index (χ1v) is 15.9. The predicted octanol–water partition coefficient (Wildman–Crippen LogP) is 8.90. The Hall–Kier alpha value is -4.74. The number of carboxylic acids is 1. The van der Waals surface area contributed by atoms with Gasteiger partial charge in [-0.05, 0) is 72.9 Å². The van der Waals surface area contributed by atoms with Gasteiger partial charge in [0.2, 0.25) is 0 Å². The first-order chi connectivity index (χ1) is 24.3. The molecule has 4 rings (SSSR count). The van der Waals surface area contributed by atoms with Gasteiger partial charge in [0.25, 0.3) is 0 Å². The molecule has 2 N–H and O–H groups in total. The summed E-state index contributed by atoms with van der Waals surface area (Å²) in [7, 11) is 1.40. The van der Waals surface area contributed by atoms with Gasteiger partial charge in [-0.1, -0.05) is 6.92 Å². The molecular formula is C34H34F9N3O6. The molecule has 0 saturated heterocycles. The highest BCUT2D eigenvalue weighted by Crippen LogP contribution is 2.44. The Labute approximate surface area is 291 Å². The summed E-state index contributed by atoms with van der Waals surface area (Å²) in [5.74, 6) is -1.10. The molecule has 2 atom stereocenters. The summed E-state index contributed by atoms with van der Waals surface area (Å²) in [6, 6.07) is 3.49. The maximum Gasteiger partial charge on any atom is 0.416 e. The Morgan fingerprint density at radius 3 is 2.13 bits per heavy atom. The van der Waals surface area contributed by atoms with Gasteiger partial charge in [-0.2, -0.15) is 39.5 Å². The zero-order valence-corrected chi connectivity index (χ0v) is 27.7. The number of methoxy groups -OCH3 is 1. The third-order valence-electron chi connectivity index (χ3n) is 8.14. The average Bonchev–Trinajstić information content (AvgIpc) is 3.06. The lowest BCUT2D eigenvalue weighted by Crippen LogP contribution is -2.46. The molecule has 9 nitrogen and oxygen atoms in total. The fourth-order valence-electron chi connectivity index (χ4n) is 5.70. The molecule has 3 aromatic rings. The van der Waals surface area contributed by atoms with Gasteiger partial charge in [0.05, 0.1) is 47.8 Å². The summed E-state index contributed by atoms with van der Waals surface area (Å²) < 4.78 is 140. The van der Waals surface area contributed by atoms with E-state index in [4.69, 9.17) is 19.3 Å². The van der Waals surface area contributed by atoms with Gasteiger partial charge >= 0.3 is 30.6 Å². The lowest BCUT2D eigenvalue weighted by Gasteiger charge is -2.40. The monoisotopic (exact) mass is 751 g/mol. The lowest BCUT2D eigenvalue weighted by atomic mass is 9.88. The van der Waals surface area contributed by atoms with Crippen LogP contribution >= 0.6 is 0 Å². The van der Waals surface area contributed by atoms with Crippen LogP contribution in [0.1, 0.15) is 72.0 Å². The van der Waals surface area contributed by atoms with Crippen molar-refractivity contribution in [3.05, 3.63) is 82.0 Å². The van der Waals surface area contributed by atoms with Crippen molar-refractivity contribution in [3.63, 3.8) is 0 Å². The van der Waals surface area contributed by atoms with Crippen molar-refractivity contribution in [2.45, 2.75) is 69.6 Å². The van der Waals surface area contributed by atoms with Crippen molar-refractivity contribution in [1.82, 2.24) is 4.98 Å². The molecule has 0 aliphatic carbocycles. The second kappa shape index (κ2) is 16.3. The zero-order chi connectivity index (χ0) is 38.4. The molecule has 1 aromatic heterocycles. The normalized spacial score (nSPS) is 16.3. The van der Waals surface area contributed by atoms with Gasteiger partial charge in [0.15, 0.2) is 0 Å². The van der Waals surface area contributed by atoms with Crippen LogP contribution in [0.25, 0.3) is 0 Å². The van der Waals surface area contributed by atoms with E-state index in [-0.39, 0.29) is 85.5 Å². The zero-order valence-electron chi connectivity index (χ0n) is 27.7. The molecule has 0 unspecified atom stereocenters. The predicted molar refractivity (Wildman–Crippen MR) is 168 cm³/mol. The Morgan fingerprint density at radius 2 is 1.56 bits per heavy atom. The van der Waals surface area contributed by atoms with Crippen LogP contribution in [-0.4, -0.2) is 55.1 Å². The Balaban J connectivity index is 1.79. The quantitative estimate of drug-likeness (QED) is 0.132. The number of pyridine rings is 1. The number of amides is 1. The number of carbonyl (C=O) groups is 2. The Morgan fingerprint density at radius 1 is 0.904 bits per heavy atom. The van der Waals surface area contributed by atoms with Gasteiger partial charge in [-0.15, -0.1) is 0 Å². The number of rotatable bonds is 13. The second-order valence-corrected chi connectivity index (χ2v) is 11.9. The van der Waals surface area contributed by atoms with Crippen LogP contribution in [0.2, 0.25) is 0 Å². The minimum atomic E-state index is -5.11. The number of fused-ring (bicyclic) bond motifs is 1. The fourth-order valence-corrected chi connectivity index (χ4v) is 5.70. The van der Waals surface area contributed by atoms with E-state index in [0.717, 1.165) is 18.2 Å². The van der Waals surface area contributed by atoms with Crippen molar-refractivity contribution < 1.29 is 68.4 Å². The summed E-state index contributed by atoms with van der Waals surface area (Å²) in [6.45, 7) is 1.59. The number of hydrogen-bond donors (Lipinski definition) is 2. The lowest BCUT2D eigenvalue weighted by molar-refractivity contribution is -0.143. The van der Waals surface area contributed by atoms with E-state index in [1.165, 1.54) is 24.3 Å². The molecule has 1 aliphatic rings. The van der Waals surface area contributed by atoms with E-state index in [1.807, 2.05) is 0 Å². The molecule has 0 radical (unpaired) electrons. The number of aromatic nitrogens is 1. The Bertz CT molecular complexity index is 1700. The maximum atomic E-state index is 13.9. The first kappa shape index (κ1) is 40.0. The van der Waals surface area contributed by atoms with Crippen molar-refractivity contribution in [2.75, 3.05) is 37.1 Å². The summed E-state index contributed by atoms with van der Waals surface area (Å²) in [5, 5.41) is 11.9. The van der Waals surface area contributed by atoms with Crippen LogP contribution < -0.4 is 15.0 Å². The smallest absolute Gasteiger partial charge is 0.416 e. The molecule has 0 saturated carbocycles. The number of aliphatic carboxylic acids is 1. The largest absolute Gasteiger partial charge is 0.490 e. The highest BCUT2D eigenvalue weighted by Gasteiger charge is 2.40. The van der Waals surface area contributed by atoms with Gasteiger partial charge < -0.3 is 24.6 Å². The molecule has 0 bridgehead atoms. The van der Waals surface area contributed by atoms with Gasteiger partial charge in [0, 0.05) is 31.6 Å². The molecule has 2 aromatic carbocycles. The Kier molecular flexibility index (Phi) is 12.5. The maximum absolute atomic E-state index is 13.9. The summed E-state index contributed by atoms with van der Waals surface area (Å²) >= 11 is 0. The van der Waals surface area contributed by atoms with Crippen molar-refractivity contribution in [3.8, 4) is 5.75 Å². The molecule has 52 heavy (non-hydrogen) atoms. The molecule has 0 fully saturated rings. The van der Waals surface area contributed by atoms with Crippen molar-refractivity contribution >= 4 is 23.6 Å². The number of ether oxygens (including phenoxy) is 3. The van der Waals surface area contributed by atoms with Crippen LogP contribution in [0.4, 0.5) is 55.8 Å². The number of nitrogens with zero attached hydrogens (tertiary/aromatic N) is 2. The second-order valence-electron chi connectivity index (χ2n) is 11.9. The van der Waals surface area contributed by atoms with E-state index >= 15 is 0 Å². The number of benzene rings is 2. The van der Waals surface area contributed by atoms with Gasteiger partial charge in [-0.25, -0.2) is 9.78 Å². The van der Waals surface area contributed by atoms with Gasteiger partial charge in [-0.3, -0.25) is 9.69 Å². The van der Waals surface area contributed by atoms with Gasteiger partial charge in [0.1, 0.15) is 18.2 Å². The number of alkyl halides is 9. The van der Waals surface area contributed by atoms with E-state index in [1.54, 1.807) is 6.92 Å². The number of halogens is 9. The van der Waals surface area contributed by atoms with E-state index in [2.05, 4.69) is 10.3 Å². The fraction of sp³-hybridized carbons (Fsp3) is 0.441. The number of nitrogens with one attached hydrogen (secondary N) is 1. The minimum absolute atomic E-state index is 0.00377. The summed E-state index contributed by atoms with van der Waals surface area (Å²) in [6.07, 6.45) is -15.3. The molecule has 0 spiro atoms. The van der Waals surface area contributed by atoms with Crippen LogP contribution in [0.3, 0.4) is 0 Å². The number of carboxylic acid groups (broad SMARTS) is 1. The van der Waals surface area contributed by atoms with E-state index < -0.39 is 65.8 Å². The first-order valence-electron chi connectivity index (χ1n) is 15.9. The summed E-state index contributed by atoms with van der Waals surface area (Å²) in [5.41, 5.74) is -4.42. The number of anilines is 2. The van der Waals surface area contributed by atoms with E-state index in [0.29, 0.717) is 12.1 Å². The van der Waals surface area contributed by atoms with Crippen LogP contribution in [0.15, 0.2) is 48.7 Å². The molecule has 2 heterocycles. The third kappa shape index (κ3) is 10.2. The van der Waals surface area contributed by atoms with Crippen molar-refractivity contribution in [2.24, 2.45) is 0 Å². The van der Waals surface area contributed by atoms with Crippen LogP contribution in [0.5, 0.6) is 5.75 Å². The standard InChI is InChI=1S/C34H34F9N3O6/c1-3-24-17-27(26-16-21(32(35,36)37)6-7-28(26)46(24)31(49)52-8-4-5-29(47)48)45-30-20(14-25(18-44-30)51-10-9-50-2)11-19-12-22(33(38,39)40)15-23(13-19)34(41,42)43/h6-7,12-16,18,24,27H,3-5,8-11,17H2,1-2H3,(H,44,45)(H,47,48)/t24-,27+/m1/s1. The van der Waals surface area contributed by atoms with Crippen LogP contribution in [-0.2, 0) is 39.2 Å². The molecule has 1 aliphatic heterocycles. The average molecular weight is 752 g/mol. The highest BCUT2D eigenvalue weighted by molar-refractivity contribution is 5.90. The van der Waals surface area contributed by atoms with Crippen molar-refractivity contribution in [1.29, 1.82) is 0 Å². The SMILES string of the molecule is CC[C@@H]1C[C@H](Nc2ncc(OCCOC)cc2Cc2cc(C(F)(F)F)cc(C(F)(F)F)c2)c2cc(C(F)(F)F)ccc2N1C(=O)OCCCC(=O)O. The molecular weight excluding hydrogens is 717 g/mol. The topological polar surface area (TPSA) is 110 Å². The number of hydrogen-bond acceptors (Lipinski definition) is 7.